The molecule has 0 aliphatic rings. The second-order valence-corrected chi connectivity index (χ2v) is 7.69. The van der Waals surface area contributed by atoms with Gasteiger partial charge in [0.1, 0.15) is 0 Å². The van der Waals surface area contributed by atoms with E-state index in [1.54, 1.807) is 12.1 Å². The number of rotatable bonds is 3. The topological polar surface area (TPSA) is 46.2 Å². The summed E-state index contributed by atoms with van der Waals surface area (Å²) in [5, 5.41) is 0. The number of anilines is 1. The fraction of sp³-hybridized carbons (Fsp3) is 0.250. The Morgan fingerprint density at radius 2 is 1.50 bits per heavy atom. The van der Waals surface area contributed by atoms with Crippen molar-refractivity contribution < 1.29 is 17.2 Å². The molecule has 2 rings (SSSR count). The quantitative estimate of drug-likeness (QED) is 0.925. The monoisotopic (exact) mass is 325 g/mol. The van der Waals surface area contributed by atoms with Crippen LogP contribution in [0.5, 0.6) is 0 Å². The highest BCUT2D eigenvalue weighted by Crippen LogP contribution is 2.24. The third-order valence-corrected chi connectivity index (χ3v) is 4.60. The van der Waals surface area contributed by atoms with Crippen molar-refractivity contribution in [2.24, 2.45) is 0 Å². The maximum Gasteiger partial charge on any atom is 0.261 e. The van der Waals surface area contributed by atoms with Gasteiger partial charge in [-0.15, -0.1) is 0 Å². The molecule has 0 heterocycles. The SMILES string of the molecule is CC(C)(C)c1ccc(S(=O)(=O)Nc2ccc(F)c(F)c2)cc1. The van der Waals surface area contributed by atoms with Crippen LogP contribution in [0.1, 0.15) is 26.3 Å². The van der Waals surface area contributed by atoms with E-state index in [9.17, 15) is 17.2 Å². The fourth-order valence-corrected chi connectivity index (χ4v) is 2.96. The minimum atomic E-state index is -3.84. The molecule has 2 aromatic rings. The number of halogens is 2. The van der Waals surface area contributed by atoms with Crippen molar-refractivity contribution in [3.63, 3.8) is 0 Å². The summed E-state index contributed by atoms with van der Waals surface area (Å²) in [7, 11) is -3.84. The third kappa shape index (κ3) is 3.62. The van der Waals surface area contributed by atoms with Crippen LogP contribution in [0, 0.1) is 11.6 Å². The first kappa shape index (κ1) is 16.4. The maximum atomic E-state index is 13.1. The van der Waals surface area contributed by atoms with E-state index < -0.39 is 21.7 Å². The van der Waals surface area contributed by atoms with Gasteiger partial charge in [-0.3, -0.25) is 4.72 Å². The summed E-state index contributed by atoms with van der Waals surface area (Å²) in [6.45, 7) is 6.07. The second kappa shape index (κ2) is 5.68. The second-order valence-electron chi connectivity index (χ2n) is 6.01. The number of hydrogen-bond acceptors (Lipinski definition) is 2. The molecule has 0 aliphatic carbocycles. The summed E-state index contributed by atoms with van der Waals surface area (Å²) in [6.07, 6.45) is 0. The van der Waals surface area contributed by atoms with Crippen LogP contribution in [0.4, 0.5) is 14.5 Å². The molecule has 0 bridgehead atoms. The van der Waals surface area contributed by atoms with E-state index in [0.29, 0.717) is 0 Å². The van der Waals surface area contributed by atoms with Crippen LogP contribution in [0.25, 0.3) is 0 Å². The van der Waals surface area contributed by atoms with Crippen LogP contribution in [0.15, 0.2) is 47.4 Å². The molecule has 0 aliphatic heterocycles. The van der Waals surface area contributed by atoms with E-state index in [1.807, 2.05) is 20.8 Å². The van der Waals surface area contributed by atoms with Gasteiger partial charge in [-0.1, -0.05) is 32.9 Å². The zero-order valence-electron chi connectivity index (χ0n) is 12.5. The number of sulfonamides is 1. The van der Waals surface area contributed by atoms with Gasteiger partial charge in [0.15, 0.2) is 11.6 Å². The summed E-state index contributed by atoms with van der Waals surface area (Å²) in [5.74, 6) is -2.14. The molecule has 6 heteroatoms. The zero-order valence-corrected chi connectivity index (χ0v) is 13.3. The predicted octanol–water partition coefficient (Wildman–Crippen LogP) is 4.06. The number of hydrogen-bond donors (Lipinski definition) is 1. The molecule has 0 amide bonds. The van der Waals surface area contributed by atoms with Crippen LogP contribution in [0.3, 0.4) is 0 Å². The molecule has 1 N–H and O–H groups in total. The highest BCUT2D eigenvalue weighted by Gasteiger charge is 2.18. The molecular formula is C16H17F2NO2S. The minimum Gasteiger partial charge on any atom is -0.280 e. The first-order chi connectivity index (χ1) is 10.1. The molecule has 3 nitrogen and oxygen atoms in total. The van der Waals surface area contributed by atoms with Gasteiger partial charge in [-0.25, -0.2) is 17.2 Å². The van der Waals surface area contributed by atoms with Gasteiger partial charge >= 0.3 is 0 Å². The van der Waals surface area contributed by atoms with Crippen molar-refractivity contribution in [2.45, 2.75) is 31.1 Å². The molecule has 0 unspecified atom stereocenters. The van der Waals surface area contributed by atoms with Crippen LogP contribution in [-0.2, 0) is 15.4 Å². The molecule has 0 saturated heterocycles. The molecule has 2 aromatic carbocycles. The standard InChI is InChI=1S/C16H17F2NO2S/c1-16(2,3)11-4-7-13(8-5-11)22(20,21)19-12-6-9-14(17)15(18)10-12/h4-10,19H,1-3H3. The van der Waals surface area contributed by atoms with Crippen LogP contribution < -0.4 is 4.72 Å². The van der Waals surface area contributed by atoms with E-state index in [-0.39, 0.29) is 16.0 Å². The van der Waals surface area contributed by atoms with Crippen LogP contribution in [-0.4, -0.2) is 8.42 Å². The van der Waals surface area contributed by atoms with Crippen molar-refractivity contribution in [3.8, 4) is 0 Å². The van der Waals surface area contributed by atoms with Crippen molar-refractivity contribution in [3.05, 3.63) is 59.7 Å². The van der Waals surface area contributed by atoms with E-state index in [2.05, 4.69) is 4.72 Å². The van der Waals surface area contributed by atoms with Crippen molar-refractivity contribution in [2.75, 3.05) is 4.72 Å². The Labute approximate surface area is 129 Å². The smallest absolute Gasteiger partial charge is 0.261 e. The average Bonchev–Trinajstić information content (AvgIpc) is 2.42. The van der Waals surface area contributed by atoms with Crippen molar-refractivity contribution in [1.29, 1.82) is 0 Å². The molecule has 0 spiro atoms. The van der Waals surface area contributed by atoms with Gasteiger partial charge in [0.05, 0.1) is 10.6 Å². The summed E-state index contributed by atoms with van der Waals surface area (Å²) >= 11 is 0. The number of benzene rings is 2. The summed E-state index contributed by atoms with van der Waals surface area (Å²) < 4.78 is 52.7. The van der Waals surface area contributed by atoms with Crippen molar-refractivity contribution >= 4 is 15.7 Å². The van der Waals surface area contributed by atoms with Gasteiger partial charge in [0.25, 0.3) is 10.0 Å². The normalized spacial score (nSPS) is 12.2. The Kier molecular flexibility index (Phi) is 4.24. The first-order valence-electron chi connectivity index (χ1n) is 6.68. The van der Waals surface area contributed by atoms with Gasteiger partial charge in [-0.2, -0.15) is 0 Å². The highest BCUT2D eigenvalue weighted by molar-refractivity contribution is 7.92. The third-order valence-electron chi connectivity index (χ3n) is 3.20. The Balaban J connectivity index is 2.28. The Hall–Kier alpha value is -1.95. The molecule has 0 saturated carbocycles. The fourth-order valence-electron chi connectivity index (χ4n) is 1.91. The van der Waals surface area contributed by atoms with Gasteiger partial charge in [0.2, 0.25) is 0 Å². The highest BCUT2D eigenvalue weighted by atomic mass is 32.2. The van der Waals surface area contributed by atoms with Crippen LogP contribution in [0.2, 0.25) is 0 Å². The maximum absolute atomic E-state index is 13.1. The van der Waals surface area contributed by atoms with Gasteiger partial charge in [-0.05, 0) is 35.2 Å². The minimum absolute atomic E-state index is 0.0289. The molecular weight excluding hydrogens is 308 g/mol. The lowest BCUT2D eigenvalue weighted by Crippen LogP contribution is -2.15. The molecule has 0 radical (unpaired) electrons. The Morgan fingerprint density at radius 3 is 2.00 bits per heavy atom. The number of nitrogens with one attached hydrogen (secondary N) is 1. The Bertz CT molecular complexity index is 779. The molecule has 0 fully saturated rings. The lowest BCUT2D eigenvalue weighted by atomic mass is 9.87. The predicted molar refractivity (Wildman–Crippen MR) is 82.3 cm³/mol. The van der Waals surface area contributed by atoms with Gasteiger partial charge < -0.3 is 0 Å². The lowest BCUT2D eigenvalue weighted by Gasteiger charge is -2.19. The average molecular weight is 325 g/mol. The van der Waals surface area contributed by atoms with Crippen molar-refractivity contribution in [1.82, 2.24) is 0 Å². The molecule has 0 atom stereocenters. The molecule has 22 heavy (non-hydrogen) atoms. The van der Waals surface area contributed by atoms with E-state index in [4.69, 9.17) is 0 Å². The zero-order chi connectivity index (χ0) is 16.5. The Morgan fingerprint density at radius 1 is 0.909 bits per heavy atom. The van der Waals surface area contributed by atoms with E-state index in [0.717, 1.165) is 17.7 Å². The summed E-state index contributed by atoms with van der Waals surface area (Å²) in [6, 6.07) is 9.29. The van der Waals surface area contributed by atoms with E-state index >= 15 is 0 Å². The largest absolute Gasteiger partial charge is 0.280 e. The van der Waals surface area contributed by atoms with E-state index in [1.165, 1.54) is 18.2 Å². The first-order valence-corrected chi connectivity index (χ1v) is 8.16. The van der Waals surface area contributed by atoms with Gasteiger partial charge in [0, 0.05) is 6.07 Å². The molecule has 0 aromatic heterocycles. The molecule has 118 valence electrons. The lowest BCUT2D eigenvalue weighted by molar-refractivity contribution is 0.509. The summed E-state index contributed by atoms with van der Waals surface area (Å²) in [5.41, 5.74) is 0.883. The van der Waals surface area contributed by atoms with Crippen LogP contribution >= 0.6 is 0 Å². The summed E-state index contributed by atoms with van der Waals surface area (Å²) in [4.78, 5) is 0.0604.